The number of nitrogens with one attached hydrogen (secondary N) is 2. The van der Waals surface area contributed by atoms with Gasteiger partial charge in [0, 0.05) is 25.6 Å². The van der Waals surface area contributed by atoms with Crippen molar-refractivity contribution in [3.05, 3.63) is 17.5 Å². The minimum Gasteiger partial charge on any atom is -0.376 e. The van der Waals surface area contributed by atoms with Gasteiger partial charge in [-0.25, -0.2) is 4.79 Å². The van der Waals surface area contributed by atoms with Crippen molar-refractivity contribution in [3.8, 4) is 0 Å². The van der Waals surface area contributed by atoms with E-state index in [-0.39, 0.29) is 12.1 Å². The third-order valence-electron chi connectivity index (χ3n) is 5.51. The number of urea groups is 1. The van der Waals surface area contributed by atoms with Gasteiger partial charge in [-0.15, -0.1) is 0 Å². The fourth-order valence-electron chi connectivity index (χ4n) is 3.60. The van der Waals surface area contributed by atoms with Crippen molar-refractivity contribution >= 4 is 6.03 Å². The summed E-state index contributed by atoms with van der Waals surface area (Å²) in [6.45, 7) is 2.94. The van der Waals surface area contributed by atoms with Crippen LogP contribution >= 0.6 is 0 Å². The topological polar surface area (TPSA) is 70.2 Å². The van der Waals surface area contributed by atoms with Gasteiger partial charge in [0.05, 0.1) is 24.0 Å². The molecular formula is C18H28N4O2. The Kier molecular flexibility index (Phi) is 4.74. The van der Waals surface area contributed by atoms with Crippen LogP contribution in [0.5, 0.6) is 0 Å². The fourth-order valence-corrected chi connectivity index (χ4v) is 3.60. The third-order valence-corrected chi connectivity index (χ3v) is 5.51. The number of aromatic nitrogens is 2. The van der Waals surface area contributed by atoms with Crippen LogP contribution in [0, 0.1) is 5.92 Å². The highest BCUT2D eigenvalue weighted by Crippen LogP contribution is 2.39. The first-order chi connectivity index (χ1) is 11.8. The molecule has 2 saturated carbocycles. The Morgan fingerprint density at radius 2 is 2.12 bits per heavy atom. The van der Waals surface area contributed by atoms with Crippen molar-refractivity contribution in [2.24, 2.45) is 5.92 Å². The highest BCUT2D eigenvalue weighted by atomic mass is 16.5. The molecule has 0 bridgehead atoms. The molecule has 0 radical (unpaired) electrons. The van der Waals surface area contributed by atoms with Crippen LogP contribution in [0.15, 0.2) is 6.07 Å². The normalized spacial score (nSPS) is 23.9. The van der Waals surface area contributed by atoms with Crippen LogP contribution in [0.3, 0.4) is 0 Å². The van der Waals surface area contributed by atoms with Crippen LogP contribution in [-0.2, 0) is 11.3 Å². The van der Waals surface area contributed by atoms with Crippen LogP contribution in [0.2, 0.25) is 0 Å². The van der Waals surface area contributed by atoms with E-state index >= 15 is 0 Å². The summed E-state index contributed by atoms with van der Waals surface area (Å²) in [5.74, 6) is 1.31. The summed E-state index contributed by atoms with van der Waals surface area (Å²) in [5, 5.41) is 10.5. The van der Waals surface area contributed by atoms with Gasteiger partial charge in [0.25, 0.3) is 0 Å². The quantitative estimate of drug-likeness (QED) is 0.806. The zero-order valence-electron chi connectivity index (χ0n) is 14.3. The molecule has 2 heterocycles. The van der Waals surface area contributed by atoms with E-state index in [1.54, 1.807) is 0 Å². The van der Waals surface area contributed by atoms with Crippen molar-refractivity contribution in [1.82, 2.24) is 20.4 Å². The van der Waals surface area contributed by atoms with Gasteiger partial charge in [0.15, 0.2) is 0 Å². The van der Waals surface area contributed by atoms with E-state index < -0.39 is 0 Å². The van der Waals surface area contributed by atoms with Crippen molar-refractivity contribution in [1.29, 1.82) is 0 Å². The molecule has 0 spiro atoms. The standard InChI is InChI=1S/C18H28N4O2/c23-18(19-10-15-9-17(21-20-15)14-6-7-14)22(11-13-3-1-4-13)12-16-5-2-8-24-16/h9,13-14,16H,1-8,10-12H2,(H,19,23)(H,20,21)/t16-/m1/s1. The summed E-state index contributed by atoms with van der Waals surface area (Å²) in [4.78, 5) is 14.6. The highest BCUT2D eigenvalue weighted by molar-refractivity contribution is 5.74. The molecule has 6 nitrogen and oxygen atoms in total. The van der Waals surface area contributed by atoms with Crippen molar-refractivity contribution in [2.75, 3.05) is 19.7 Å². The lowest BCUT2D eigenvalue weighted by molar-refractivity contribution is 0.0720. The second-order valence-corrected chi connectivity index (χ2v) is 7.59. The largest absolute Gasteiger partial charge is 0.376 e. The van der Waals surface area contributed by atoms with Gasteiger partial charge in [0.2, 0.25) is 0 Å². The lowest BCUT2D eigenvalue weighted by atomic mass is 9.85. The lowest BCUT2D eigenvalue weighted by Gasteiger charge is -2.33. The molecule has 3 fully saturated rings. The van der Waals surface area contributed by atoms with Gasteiger partial charge in [0.1, 0.15) is 0 Å². The number of aromatic amines is 1. The molecule has 2 aliphatic carbocycles. The molecule has 0 aromatic carbocycles. The molecule has 0 unspecified atom stereocenters. The van der Waals surface area contributed by atoms with Gasteiger partial charge in [-0.2, -0.15) is 5.10 Å². The lowest BCUT2D eigenvalue weighted by Crippen LogP contribution is -2.46. The average molecular weight is 332 g/mol. The van der Waals surface area contributed by atoms with Gasteiger partial charge < -0.3 is 15.0 Å². The Morgan fingerprint density at radius 1 is 1.25 bits per heavy atom. The van der Waals surface area contributed by atoms with Crippen LogP contribution in [0.1, 0.15) is 62.3 Å². The van der Waals surface area contributed by atoms with E-state index in [2.05, 4.69) is 21.6 Å². The van der Waals surface area contributed by atoms with Gasteiger partial charge in [-0.1, -0.05) is 6.42 Å². The third kappa shape index (κ3) is 3.91. The Morgan fingerprint density at radius 3 is 2.79 bits per heavy atom. The molecule has 1 aliphatic heterocycles. The van der Waals surface area contributed by atoms with E-state index in [9.17, 15) is 4.79 Å². The second kappa shape index (κ2) is 7.13. The summed E-state index contributed by atoms with van der Waals surface area (Å²) in [5.41, 5.74) is 2.14. The van der Waals surface area contributed by atoms with Crippen molar-refractivity contribution < 1.29 is 9.53 Å². The maximum absolute atomic E-state index is 12.7. The summed E-state index contributed by atoms with van der Waals surface area (Å²) >= 11 is 0. The molecule has 2 N–H and O–H groups in total. The van der Waals surface area contributed by atoms with E-state index in [0.717, 1.165) is 43.9 Å². The first-order valence-electron chi connectivity index (χ1n) is 9.46. The van der Waals surface area contributed by atoms with Crippen LogP contribution in [0.25, 0.3) is 0 Å². The molecular weight excluding hydrogens is 304 g/mol. The number of carbonyl (C=O) groups excluding carboxylic acids is 1. The Labute approximate surface area is 143 Å². The Balaban J connectivity index is 1.30. The number of ether oxygens (including phenoxy) is 1. The molecule has 1 aromatic rings. The summed E-state index contributed by atoms with van der Waals surface area (Å²) in [6.07, 6.45) is 8.69. The fraction of sp³-hybridized carbons (Fsp3) is 0.778. The Bertz CT molecular complexity index is 559. The molecule has 4 rings (SSSR count). The molecule has 1 saturated heterocycles. The first kappa shape index (κ1) is 15.9. The monoisotopic (exact) mass is 332 g/mol. The van der Waals surface area contributed by atoms with E-state index in [4.69, 9.17) is 4.74 Å². The molecule has 6 heteroatoms. The smallest absolute Gasteiger partial charge is 0.317 e. The molecule has 1 aromatic heterocycles. The SMILES string of the molecule is O=C(NCc1cc(C2CC2)n[nH]1)N(CC1CCC1)C[C@H]1CCCO1. The van der Waals surface area contributed by atoms with E-state index in [0.29, 0.717) is 18.4 Å². The molecule has 24 heavy (non-hydrogen) atoms. The number of carbonyl (C=O) groups is 1. The zero-order chi connectivity index (χ0) is 16.4. The zero-order valence-corrected chi connectivity index (χ0v) is 14.3. The van der Waals surface area contributed by atoms with Crippen LogP contribution in [0.4, 0.5) is 4.79 Å². The predicted octanol–water partition coefficient (Wildman–Crippen LogP) is 2.78. The van der Waals surface area contributed by atoms with Crippen LogP contribution in [-0.4, -0.2) is 46.9 Å². The molecule has 3 aliphatic rings. The van der Waals surface area contributed by atoms with Crippen molar-refractivity contribution in [3.63, 3.8) is 0 Å². The molecule has 1 atom stereocenters. The number of rotatable bonds is 7. The number of hydrogen-bond donors (Lipinski definition) is 2. The summed E-state index contributed by atoms with van der Waals surface area (Å²) in [7, 11) is 0. The minimum absolute atomic E-state index is 0.0278. The maximum atomic E-state index is 12.7. The van der Waals surface area contributed by atoms with Gasteiger partial charge in [-0.05, 0) is 50.5 Å². The number of nitrogens with zero attached hydrogens (tertiary/aromatic N) is 2. The molecule has 132 valence electrons. The van der Waals surface area contributed by atoms with Gasteiger partial charge in [-0.3, -0.25) is 5.10 Å². The first-order valence-corrected chi connectivity index (χ1v) is 9.46. The second-order valence-electron chi connectivity index (χ2n) is 7.59. The predicted molar refractivity (Wildman–Crippen MR) is 90.7 cm³/mol. The van der Waals surface area contributed by atoms with Crippen molar-refractivity contribution in [2.45, 2.75) is 63.5 Å². The summed E-state index contributed by atoms with van der Waals surface area (Å²) < 4.78 is 5.73. The van der Waals surface area contributed by atoms with Gasteiger partial charge >= 0.3 is 6.03 Å². The molecule has 2 amide bonds. The number of hydrogen-bond acceptors (Lipinski definition) is 3. The van der Waals surface area contributed by atoms with E-state index in [1.807, 2.05) is 4.90 Å². The summed E-state index contributed by atoms with van der Waals surface area (Å²) in [6, 6.07) is 2.12. The Hall–Kier alpha value is -1.56. The minimum atomic E-state index is 0.0278. The van der Waals surface area contributed by atoms with E-state index in [1.165, 1.54) is 32.1 Å². The maximum Gasteiger partial charge on any atom is 0.317 e. The number of H-pyrrole nitrogens is 1. The van der Waals surface area contributed by atoms with Crippen LogP contribution < -0.4 is 5.32 Å². The number of amides is 2. The highest BCUT2D eigenvalue weighted by Gasteiger charge is 2.28. The average Bonchev–Trinajstić information content (AvgIpc) is 3.07.